The van der Waals surface area contributed by atoms with Crippen LogP contribution in [0, 0.1) is 0 Å². The molecule has 0 spiro atoms. The van der Waals surface area contributed by atoms with E-state index in [1.807, 2.05) is 0 Å². The van der Waals surface area contributed by atoms with Crippen LogP contribution in [0.3, 0.4) is 0 Å². The number of esters is 1. The van der Waals surface area contributed by atoms with E-state index >= 15 is 0 Å². The predicted octanol–water partition coefficient (Wildman–Crippen LogP) is 2.91. The second kappa shape index (κ2) is 8.74. The van der Waals surface area contributed by atoms with Crippen LogP contribution in [0.5, 0.6) is 5.75 Å². The molecule has 8 heteroatoms. The Morgan fingerprint density at radius 3 is 2.28 bits per heavy atom. The zero-order valence-corrected chi connectivity index (χ0v) is 17.1. The quantitative estimate of drug-likeness (QED) is 0.515. The van der Waals surface area contributed by atoms with E-state index in [0.29, 0.717) is 33.4 Å². The molecule has 2 aromatic carbocycles. The number of amides is 1. The van der Waals surface area contributed by atoms with Crippen molar-refractivity contribution in [2.75, 3.05) is 19.5 Å². The molecule has 3 rings (SSSR count). The lowest BCUT2D eigenvalue weighted by Crippen LogP contribution is -2.45. The van der Waals surface area contributed by atoms with Crippen molar-refractivity contribution in [2.45, 2.75) is 13.0 Å². The van der Waals surface area contributed by atoms with Gasteiger partial charge in [-0.05, 0) is 61.1 Å². The van der Waals surface area contributed by atoms with Gasteiger partial charge in [-0.3, -0.25) is 4.79 Å². The summed E-state index contributed by atoms with van der Waals surface area (Å²) >= 11 is 5.27. The molecule has 7 nitrogen and oxygen atoms in total. The Morgan fingerprint density at radius 2 is 1.69 bits per heavy atom. The Morgan fingerprint density at radius 1 is 1.03 bits per heavy atom. The van der Waals surface area contributed by atoms with Gasteiger partial charge in [-0.15, -0.1) is 0 Å². The molecule has 29 heavy (non-hydrogen) atoms. The molecule has 0 bridgehead atoms. The number of methoxy groups -OCH3 is 2. The van der Waals surface area contributed by atoms with Gasteiger partial charge in [0.2, 0.25) is 0 Å². The minimum absolute atomic E-state index is 0.266. The molecular weight excluding hydrogens is 390 g/mol. The fourth-order valence-electron chi connectivity index (χ4n) is 3.05. The van der Waals surface area contributed by atoms with Crippen LogP contribution in [-0.2, 0) is 9.53 Å². The Hall–Kier alpha value is -3.39. The van der Waals surface area contributed by atoms with Crippen molar-refractivity contribution in [3.63, 3.8) is 0 Å². The number of ether oxygens (including phenoxy) is 2. The van der Waals surface area contributed by atoms with Crippen molar-refractivity contribution in [3.8, 4) is 5.75 Å². The highest BCUT2D eigenvalue weighted by Crippen LogP contribution is 2.28. The first kappa shape index (κ1) is 20.3. The van der Waals surface area contributed by atoms with Crippen LogP contribution in [-0.4, -0.2) is 31.2 Å². The third-order valence-electron chi connectivity index (χ3n) is 4.53. The number of carbonyl (C=O) groups is 2. The van der Waals surface area contributed by atoms with E-state index in [1.165, 1.54) is 7.11 Å². The third-order valence-corrected chi connectivity index (χ3v) is 4.75. The van der Waals surface area contributed by atoms with Crippen LogP contribution in [0.25, 0.3) is 0 Å². The summed E-state index contributed by atoms with van der Waals surface area (Å²) in [6, 6.07) is 13.5. The topological polar surface area (TPSA) is 88.7 Å². The van der Waals surface area contributed by atoms with E-state index in [-0.39, 0.29) is 5.91 Å². The van der Waals surface area contributed by atoms with Crippen LogP contribution >= 0.6 is 12.2 Å². The SMILES string of the molecule is COC(=O)c1ccc([C@H]2NC(=S)NC(C)=C2C(=O)Nc2ccc(OC)cc2)cc1. The number of nitrogens with one attached hydrogen (secondary N) is 3. The monoisotopic (exact) mass is 411 g/mol. The first-order chi connectivity index (χ1) is 13.9. The molecule has 150 valence electrons. The van der Waals surface area contributed by atoms with E-state index in [1.54, 1.807) is 62.6 Å². The first-order valence-corrected chi connectivity index (χ1v) is 9.25. The average Bonchev–Trinajstić information content (AvgIpc) is 2.73. The number of anilines is 1. The molecular formula is C21H21N3O4S. The Bertz CT molecular complexity index is 968. The van der Waals surface area contributed by atoms with Gasteiger partial charge in [0.05, 0.1) is 31.4 Å². The van der Waals surface area contributed by atoms with Gasteiger partial charge in [-0.2, -0.15) is 0 Å². The summed E-state index contributed by atoms with van der Waals surface area (Å²) in [5, 5.41) is 9.44. The highest BCUT2D eigenvalue weighted by atomic mass is 32.1. The number of allylic oxidation sites excluding steroid dienone is 1. The largest absolute Gasteiger partial charge is 0.497 e. The summed E-state index contributed by atoms with van der Waals surface area (Å²) in [5.74, 6) is 0.0139. The van der Waals surface area contributed by atoms with Crippen LogP contribution in [0.1, 0.15) is 28.9 Å². The van der Waals surface area contributed by atoms with E-state index in [9.17, 15) is 9.59 Å². The highest BCUT2D eigenvalue weighted by Gasteiger charge is 2.30. The summed E-state index contributed by atoms with van der Waals surface area (Å²) in [7, 11) is 2.91. The minimum Gasteiger partial charge on any atom is -0.497 e. The molecule has 2 aromatic rings. The van der Waals surface area contributed by atoms with Crippen LogP contribution in [0.2, 0.25) is 0 Å². The predicted molar refractivity (Wildman–Crippen MR) is 114 cm³/mol. The number of hydrogen-bond acceptors (Lipinski definition) is 5. The normalized spacial score (nSPS) is 15.8. The number of hydrogen-bond donors (Lipinski definition) is 3. The van der Waals surface area contributed by atoms with Gasteiger partial charge < -0.3 is 25.4 Å². The van der Waals surface area contributed by atoms with Crippen molar-refractivity contribution >= 4 is 34.9 Å². The van der Waals surface area contributed by atoms with Gasteiger partial charge in [0.1, 0.15) is 5.75 Å². The molecule has 0 aromatic heterocycles. The van der Waals surface area contributed by atoms with Gasteiger partial charge in [0.15, 0.2) is 5.11 Å². The molecule has 1 atom stereocenters. The van der Waals surface area contributed by atoms with Gasteiger partial charge in [0.25, 0.3) is 5.91 Å². The Labute approximate surface area is 174 Å². The molecule has 0 aliphatic carbocycles. The summed E-state index contributed by atoms with van der Waals surface area (Å²) < 4.78 is 9.87. The van der Waals surface area contributed by atoms with Crippen molar-refractivity contribution in [1.29, 1.82) is 0 Å². The average molecular weight is 411 g/mol. The van der Waals surface area contributed by atoms with Crippen molar-refractivity contribution < 1.29 is 19.1 Å². The molecule has 1 aliphatic heterocycles. The second-order valence-electron chi connectivity index (χ2n) is 6.37. The van der Waals surface area contributed by atoms with Gasteiger partial charge in [-0.25, -0.2) is 4.79 Å². The zero-order valence-electron chi connectivity index (χ0n) is 16.2. The fourth-order valence-corrected chi connectivity index (χ4v) is 3.32. The van der Waals surface area contributed by atoms with Crippen LogP contribution in [0.4, 0.5) is 5.69 Å². The molecule has 0 unspecified atom stereocenters. The summed E-state index contributed by atoms with van der Waals surface area (Å²) in [4.78, 5) is 24.7. The number of thiocarbonyl (C=S) groups is 1. The number of rotatable bonds is 5. The van der Waals surface area contributed by atoms with Crippen LogP contribution < -0.4 is 20.7 Å². The fraction of sp³-hybridized carbons (Fsp3) is 0.190. The standard InChI is InChI=1S/C21H21N3O4S/c1-12-17(19(25)23-15-8-10-16(27-2)11-9-15)18(24-21(29)22-12)13-4-6-14(7-5-13)20(26)28-3/h4-11,18H,1-3H3,(H,23,25)(H2,22,24,29)/t18-/m1/s1. The minimum atomic E-state index is -0.464. The second-order valence-corrected chi connectivity index (χ2v) is 6.77. The molecule has 1 amide bonds. The molecule has 0 saturated heterocycles. The van der Waals surface area contributed by atoms with Gasteiger partial charge in [0, 0.05) is 11.4 Å². The van der Waals surface area contributed by atoms with Gasteiger partial charge >= 0.3 is 5.97 Å². The Balaban J connectivity index is 1.88. The van der Waals surface area contributed by atoms with Crippen LogP contribution in [0.15, 0.2) is 59.8 Å². The van der Waals surface area contributed by atoms with Crippen molar-refractivity contribution in [1.82, 2.24) is 10.6 Å². The maximum atomic E-state index is 13.0. The Kier molecular flexibility index (Phi) is 6.13. The summed E-state index contributed by atoms with van der Waals surface area (Å²) in [5.41, 5.74) is 3.02. The molecule has 3 N–H and O–H groups in total. The van der Waals surface area contributed by atoms with E-state index in [0.717, 1.165) is 5.56 Å². The smallest absolute Gasteiger partial charge is 0.337 e. The van der Waals surface area contributed by atoms with E-state index in [2.05, 4.69) is 16.0 Å². The lowest BCUT2D eigenvalue weighted by molar-refractivity contribution is -0.113. The molecule has 0 fully saturated rings. The van der Waals surface area contributed by atoms with Crippen molar-refractivity contribution in [2.24, 2.45) is 0 Å². The number of carbonyl (C=O) groups excluding carboxylic acids is 2. The first-order valence-electron chi connectivity index (χ1n) is 8.85. The van der Waals surface area contributed by atoms with E-state index in [4.69, 9.17) is 21.7 Å². The summed E-state index contributed by atoms with van der Waals surface area (Å²) in [6.07, 6.45) is 0. The number of benzene rings is 2. The maximum absolute atomic E-state index is 13.0. The van der Waals surface area contributed by atoms with Crippen molar-refractivity contribution in [3.05, 3.63) is 70.9 Å². The zero-order chi connectivity index (χ0) is 21.0. The van der Waals surface area contributed by atoms with Gasteiger partial charge in [-0.1, -0.05) is 12.1 Å². The molecule has 0 radical (unpaired) electrons. The lowest BCUT2D eigenvalue weighted by Gasteiger charge is -2.30. The molecule has 1 heterocycles. The summed E-state index contributed by atoms with van der Waals surface area (Å²) in [6.45, 7) is 1.80. The highest BCUT2D eigenvalue weighted by molar-refractivity contribution is 7.80. The molecule has 0 saturated carbocycles. The maximum Gasteiger partial charge on any atom is 0.337 e. The molecule has 1 aliphatic rings. The third kappa shape index (κ3) is 4.55. The van der Waals surface area contributed by atoms with E-state index < -0.39 is 12.0 Å². The lowest BCUT2D eigenvalue weighted by atomic mass is 9.94.